The largest absolute Gasteiger partial charge is 0.396 e. The summed E-state index contributed by atoms with van der Waals surface area (Å²) in [6.45, 7) is 3.38. The van der Waals surface area contributed by atoms with Crippen LogP contribution in [0.4, 0.5) is 0 Å². The molecule has 5 nitrogen and oxygen atoms in total. The lowest BCUT2D eigenvalue weighted by Crippen LogP contribution is -2.45. The Morgan fingerprint density at radius 2 is 2.12 bits per heavy atom. The van der Waals surface area contributed by atoms with E-state index >= 15 is 0 Å². The van der Waals surface area contributed by atoms with Gasteiger partial charge in [0.2, 0.25) is 5.91 Å². The Morgan fingerprint density at radius 3 is 2.88 bits per heavy atom. The lowest BCUT2D eigenvalue weighted by atomic mass is 10.1. The van der Waals surface area contributed by atoms with Crippen molar-refractivity contribution in [2.45, 2.75) is 31.5 Å². The molecule has 1 saturated heterocycles. The van der Waals surface area contributed by atoms with Crippen molar-refractivity contribution in [3.63, 3.8) is 0 Å². The number of carbonyl (C=O) groups is 1. The number of rotatable bonds is 6. The Kier molecular flexibility index (Phi) is 6.01. The molecule has 1 aromatic carbocycles. The van der Waals surface area contributed by atoms with Gasteiger partial charge in [-0.25, -0.2) is 0 Å². The van der Waals surface area contributed by atoms with E-state index in [9.17, 15) is 4.79 Å². The summed E-state index contributed by atoms with van der Waals surface area (Å²) in [4.78, 5) is 14.6. The van der Waals surface area contributed by atoms with E-state index in [2.05, 4.69) is 34.5 Å². The first-order valence-electron chi connectivity index (χ1n) is 8.69. The number of nitrogens with one attached hydrogen (secondary N) is 1. The normalized spacial score (nSPS) is 27.3. The summed E-state index contributed by atoms with van der Waals surface area (Å²) in [5, 5.41) is 12.2. The topological polar surface area (TPSA) is 61.8 Å². The van der Waals surface area contributed by atoms with Crippen LogP contribution in [0.1, 0.15) is 18.4 Å². The van der Waals surface area contributed by atoms with Crippen LogP contribution in [0.5, 0.6) is 0 Å². The third-order valence-corrected chi connectivity index (χ3v) is 4.64. The third kappa shape index (κ3) is 4.90. The first-order chi connectivity index (χ1) is 11.7. The van der Waals surface area contributed by atoms with Crippen LogP contribution in [0.2, 0.25) is 0 Å². The van der Waals surface area contributed by atoms with Crippen LogP contribution < -0.4 is 5.32 Å². The van der Waals surface area contributed by atoms with Crippen molar-refractivity contribution in [3.8, 4) is 0 Å². The molecule has 24 heavy (non-hydrogen) atoms. The molecule has 2 aliphatic rings. The monoisotopic (exact) mass is 330 g/mol. The highest BCUT2D eigenvalue weighted by Crippen LogP contribution is 2.18. The van der Waals surface area contributed by atoms with E-state index in [1.54, 1.807) is 0 Å². The van der Waals surface area contributed by atoms with Crippen LogP contribution in [-0.2, 0) is 16.1 Å². The van der Waals surface area contributed by atoms with Gasteiger partial charge in [0.1, 0.15) is 0 Å². The Bertz CT molecular complexity index is 561. The maximum absolute atomic E-state index is 12.2. The van der Waals surface area contributed by atoms with E-state index in [1.807, 2.05) is 18.2 Å². The predicted octanol–water partition coefficient (Wildman–Crippen LogP) is 1.33. The molecule has 1 amide bonds. The quantitative estimate of drug-likeness (QED) is 0.773. The maximum Gasteiger partial charge on any atom is 0.223 e. The Morgan fingerprint density at radius 1 is 1.29 bits per heavy atom. The Balaban J connectivity index is 1.43. The molecule has 3 rings (SSSR count). The molecule has 5 heteroatoms. The number of carbonyl (C=O) groups excluding carboxylic acids is 1. The summed E-state index contributed by atoms with van der Waals surface area (Å²) in [6.07, 6.45) is 5.07. The van der Waals surface area contributed by atoms with Crippen LogP contribution in [-0.4, -0.2) is 54.4 Å². The third-order valence-electron chi connectivity index (χ3n) is 4.64. The van der Waals surface area contributed by atoms with Gasteiger partial charge in [0.05, 0.1) is 19.1 Å². The molecule has 2 N–H and O–H groups in total. The van der Waals surface area contributed by atoms with Crippen molar-refractivity contribution >= 4 is 5.91 Å². The minimum Gasteiger partial charge on any atom is -0.396 e. The zero-order valence-electron chi connectivity index (χ0n) is 13.9. The second-order valence-corrected chi connectivity index (χ2v) is 6.65. The van der Waals surface area contributed by atoms with Gasteiger partial charge in [-0.2, -0.15) is 0 Å². The highest BCUT2D eigenvalue weighted by Gasteiger charge is 2.25. The molecule has 3 atom stereocenters. The summed E-state index contributed by atoms with van der Waals surface area (Å²) < 4.78 is 5.76. The number of aliphatic hydroxyl groups is 1. The summed E-state index contributed by atoms with van der Waals surface area (Å²) in [7, 11) is 0. The number of hydrogen-bond donors (Lipinski definition) is 2. The second-order valence-electron chi connectivity index (χ2n) is 6.65. The van der Waals surface area contributed by atoms with Crippen molar-refractivity contribution in [1.29, 1.82) is 0 Å². The van der Waals surface area contributed by atoms with Crippen molar-refractivity contribution in [2.24, 2.45) is 5.92 Å². The molecule has 0 saturated carbocycles. The van der Waals surface area contributed by atoms with Crippen LogP contribution in [0.3, 0.4) is 0 Å². The van der Waals surface area contributed by atoms with E-state index in [0.717, 1.165) is 26.1 Å². The van der Waals surface area contributed by atoms with Gasteiger partial charge in [-0.1, -0.05) is 42.5 Å². The van der Waals surface area contributed by atoms with Crippen LogP contribution >= 0.6 is 0 Å². The van der Waals surface area contributed by atoms with Gasteiger partial charge < -0.3 is 15.2 Å². The summed E-state index contributed by atoms with van der Waals surface area (Å²) in [5.74, 6) is 0.192. The number of benzene rings is 1. The lowest BCUT2D eigenvalue weighted by Gasteiger charge is -2.32. The van der Waals surface area contributed by atoms with Crippen molar-refractivity contribution in [2.75, 3.05) is 26.3 Å². The van der Waals surface area contributed by atoms with Crippen LogP contribution in [0.25, 0.3) is 0 Å². The van der Waals surface area contributed by atoms with Crippen molar-refractivity contribution < 1.29 is 14.6 Å². The molecule has 1 aliphatic heterocycles. The molecular formula is C19H26N2O3. The molecule has 1 fully saturated rings. The fraction of sp³-hybridized carbons (Fsp3) is 0.526. The number of aliphatic hydroxyl groups excluding tert-OH is 1. The summed E-state index contributed by atoms with van der Waals surface area (Å²) >= 11 is 0. The fourth-order valence-corrected chi connectivity index (χ4v) is 3.38. The van der Waals surface area contributed by atoms with Gasteiger partial charge in [0.15, 0.2) is 0 Å². The molecule has 0 spiro atoms. The summed E-state index contributed by atoms with van der Waals surface area (Å²) in [5.41, 5.74) is 1.29. The maximum atomic E-state index is 12.2. The molecule has 1 aromatic rings. The highest BCUT2D eigenvalue weighted by atomic mass is 16.5. The van der Waals surface area contributed by atoms with Gasteiger partial charge >= 0.3 is 0 Å². The smallest absolute Gasteiger partial charge is 0.223 e. The van der Waals surface area contributed by atoms with Crippen LogP contribution in [0.15, 0.2) is 42.5 Å². The first-order valence-corrected chi connectivity index (χ1v) is 8.69. The first kappa shape index (κ1) is 17.1. The lowest BCUT2D eigenvalue weighted by molar-refractivity contribution is -0.126. The zero-order chi connectivity index (χ0) is 16.8. The SMILES string of the molecule is O=C(C[C@H]1CN(Cc2ccccc2)CCO1)N[C@@H]1C=C[C@H](CO)C1. The number of ether oxygens (including phenoxy) is 1. The molecule has 1 aliphatic carbocycles. The van der Waals surface area contributed by atoms with E-state index in [0.29, 0.717) is 13.0 Å². The Hall–Kier alpha value is -1.69. The van der Waals surface area contributed by atoms with Crippen molar-refractivity contribution in [1.82, 2.24) is 10.2 Å². The van der Waals surface area contributed by atoms with Gasteiger partial charge in [-0.3, -0.25) is 9.69 Å². The molecule has 0 aromatic heterocycles. The molecule has 130 valence electrons. The number of nitrogens with zero attached hydrogens (tertiary/aromatic N) is 1. The van der Waals surface area contributed by atoms with Gasteiger partial charge in [0.25, 0.3) is 0 Å². The minimum atomic E-state index is -0.0542. The molecule has 0 unspecified atom stereocenters. The fourth-order valence-electron chi connectivity index (χ4n) is 3.38. The molecular weight excluding hydrogens is 304 g/mol. The van der Waals surface area contributed by atoms with E-state index in [4.69, 9.17) is 9.84 Å². The molecule has 1 heterocycles. The predicted molar refractivity (Wildman–Crippen MR) is 92.3 cm³/mol. The molecule has 0 bridgehead atoms. The second kappa shape index (κ2) is 8.42. The number of amides is 1. The van der Waals surface area contributed by atoms with Crippen LogP contribution in [0, 0.1) is 5.92 Å². The van der Waals surface area contributed by atoms with Gasteiger partial charge in [0, 0.05) is 38.2 Å². The standard InChI is InChI=1S/C19H26N2O3/c22-14-16-6-7-17(10-16)20-19(23)11-18-13-21(8-9-24-18)12-15-4-2-1-3-5-15/h1-7,16-18,22H,8-14H2,(H,20,23)/t16-,17+,18-/m0/s1. The van der Waals surface area contributed by atoms with E-state index in [-0.39, 0.29) is 30.6 Å². The van der Waals surface area contributed by atoms with Gasteiger partial charge in [-0.05, 0) is 12.0 Å². The molecule has 0 radical (unpaired) electrons. The minimum absolute atomic E-state index is 0.0230. The number of hydrogen-bond acceptors (Lipinski definition) is 4. The van der Waals surface area contributed by atoms with E-state index < -0.39 is 0 Å². The number of morpholine rings is 1. The van der Waals surface area contributed by atoms with E-state index in [1.165, 1.54) is 5.56 Å². The van der Waals surface area contributed by atoms with Gasteiger partial charge in [-0.15, -0.1) is 0 Å². The summed E-state index contributed by atoms with van der Waals surface area (Å²) in [6, 6.07) is 10.4. The average molecular weight is 330 g/mol. The zero-order valence-corrected chi connectivity index (χ0v) is 13.9. The van der Waals surface area contributed by atoms with Crippen molar-refractivity contribution in [3.05, 3.63) is 48.0 Å². The average Bonchev–Trinajstić information content (AvgIpc) is 3.03. The Labute approximate surface area is 143 Å². The highest BCUT2D eigenvalue weighted by molar-refractivity contribution is 5.77.